The first kappa shape index (κ1) is 151. The van der Waals surface area contributed by atoms with E-state index in [0.717, 1.165) is 53.5 Å². The van der Waals surface area contributed by atoms with E-state index in [-0.39, 0.29) is 191 Å². The fourth-order valence-corrected chi connectivity index (χ4v) is 60.0. The van der Waals surface area contributed by atoms with Gasteiger partial charge in [0.25, 0.3) is 0 Å². The molecule has 0 spiro atoms. The van der Waals surface area contributed by atoms with Gasteiger partial charge in [0.05, 0.1) is 162 Å². The van der Waals surface area contributed by atoms with Crippen LogP contribution in [0.2, 0.25) is 0 Å². The van der Waals surface area contributed by atoms with Crippen molar-refractivity contribution in [3.63, 3.8) is 0 Å². The minimum atomic E-state index is -1.00. The summed E-state index contributed by atoms with van der Waals surface area (Å²) in [6.07, 6.45) is 29.5. The number of nitrogens with zero attached hydrogens (tertiary/aromatic N) is 1. The second-order valence-corrected chi connectivity index (χ2v) is 72.2. The molecule has 1 atom stereocenters. The van der Waals surface area contributed by atoms with Crippen molar-refractivity contribution in [1.29, 1.82) is 0 Å². The molecule has 7 N–H and O–H groups in total. The zero-order valence-electron chi connectivity index (χ0n) is 79.4. The number of carbonyl (C=O) groups is 4. The minimum Gasteiger partial charge on any atom is -0.870 e. The van der Waals surface area contributed by atoms with Gasteiger partial charge in [-0.3, -0.25) is 23.6 Å². The average molecular weight is 3120 g/mol. The Morgan fingerprint density at radius 3 is 0.899 bits per heavy atom. The molecule has 0 amide bonds. The fraction of sp³-hybridized carbons (Fsp3) is 0.578. The maximum absolute atomic E-state index is 12.2. The molecule has 0 aromatic rings. The SMILES string of the molecule is C.C1CCOC1.C=S(C=O)CO.CBr.CCCCCCCCCCCCCCCCN(C)C.CCOC(=O)CCSC1=C(SCCC(=O)OCC)SC(=C2SC3=C(SC(=C4SC(CS)=C(CS)S4)S3)S2)S1.CCOC(=O)CCSC1=C(SCSC2=C(CC)SC(=C3SC4=C(SC(=C5SC(CS)=C(CS)S5)S4)S3)S2)SC(=C2SC3=C(SC(=C4SC(SC)=C(SC)S4)S3)S2)S1.ICI.O.O.[2H]CF.[Cs+].[Cs+].[OH-].[OH-]. The molecule has 1 unspecified atom stereocenters. The zero-order valence-corrected chi connectivity index (χ0v) is 127. The summed E-state index contributed by atoms with van der Waals surface area (Å²) in [5.74, 6) is 9.70. The Balaban J connectivity index is 0. The Bertz CT molecular complexity index is 4220. The number of unbranched alkanes of at least 4 members (excludes halogenated alkanes) is 13. The molecule has 1 fully saturated rings. The third-order valence-electron chi connectivity index (χ3n) is 16.7. The van der Waals surface area contributed by atoms with Crippen LogP contribution in [0.4, 0.5) is 4.39 Å². The van der Waals surface area contributed by atoms with Crippen LogP contribution in [-0.4, -0.2) is 194 Å². The summed E-state index contributed by atoms with van der Waals surface area (Å²) in [5.41, 5.74) is 0.639. The van der Waals surface area contributed by atoms with Crippen molar-refractivity contribution in [2.24, 2.45) is 0 Å². The summed E-state index contributed by atoms with van der Waals surface area (Å²) < 4.78 is 71.5. The molecular weight excluding hydrogens is 2990 g/mol. The number of halogens is 4. The van der Waals surface area contributed by atoms with Crippen LogP contribution < -0.4 is 138 Å². The quantitative estimate of drug-likeness (QED) is 0.00438. The van der Waals surface area contributed by atoms with Crippen LogP contribution in [0.25, 0.3) is 0 Å². The number of alkyl halides is 4. The number of aliphatic hydroxyl groups is 1. The summed E-state index contributed by atoms with van der Waals surface area (Å²) in [7, 11) is 2.68. The Labute approximate surface area is 1140 Å². The van der Waals surface area contributed by atoms with Crippen molar-refractivity contribution in [3.05, 3.63) is 130 Å². The molecule has 13 aliphatic rings. The predicted octanol–water partition coefficient (Wildman–Crippen LogP) is 31.9. The van der Waals surface area contributed by atoms with Crippen LogP contribution >= 0.6 is 487 Å². The van der Waals surface area contributed by atoms with Gasteiger partial charge in [0.1, 0.15) is 0 Å². The number of thiol groups is 4. The summed E-state index contributed by atoms with van der Waals surface area (Å²) in [6.45, 7) is 14.6. The number of thioether (sulfide) groups is 31. The summed E-state index contributed by atoms with van der Waals surface area (Å²) in [4.78, 5) is 54.5. The molecule has 0 bridgehead atoms. The molecule has 56 heteroatoms. The van der Waals surface area contributed by atoms with Gasteiger partial charge in [-0.05, 0) is 85.4 Å². The molecule has 14 nitrogen and oxygen atoms in total. The number of hydrogen-bond acceptors (Lipinski definition) is 47. The molecule has 1 saturated heterocycles. The Morgan fingerprint density at radius 1 is 0.446 bits per heavy atom. The van der Waals surface area contributed by atoms with Crippen molar-refractivity contribution in [1.82, 2.24) is 4.90 Å². The van der Waals surface area contributed by atoms with Crippen LogP contribution in [0, 0.1) is 0 Å². The van der Waals surface area contributed by atoms with E-state index in [1.54, 1.807) is 47.0 Å². The largest absolute Gasteiger partial charge is 1.00 e. The zero-order chi connectivity index (χ0) is 96.8. The number of hydrogen-bond donors (Lipinski definition) is 5. The van der Waals surface area contributed by atoms with Gasteiger partial charge in [-0.15, -0.1) is 92.8 Å². The molecule has 139 heavy (non-hydrogen) atoms. The van der Waals surface area contributed by atoms with Crippen LogP contribution in [0.5, 0.6) is 0 Å². The maximum atomic E-state index is 12.2. The number of ether oxygens (including phenoxy) is 4. The Morgan fingerprint density at radius 2 is 0.676 bits per heavy atom. The van der Waals surface area contributed by atoms with Crippen LogP contribution in [0.15, 0.2) is 130 Å². The second-order valence-electron chi connectivity index (χ2n) is 26.3. The predicted molar refractivity (Wildman–Crippen MR) is 712 cm³/mol. The number of aliphatic hydroxyl groups excluding tert-OH is 1. The van der Waals surface area contributed by atoms with Gasteiger partial charge in [0.15, 0.2) is 5.62 Å². The van der Waals surface area contributed by atoms with Crippen LogP contribution in [0.3, 0.4) is 0 Å². The minimum absolute atomic E-state index is 0. The number of carbonyl (C=O) groups excluding carboxylic acids is 4. The number of rotatable bonds is 43. The molecule has 13 rings (SSSR count). The molecule has 0 aromatic heterocycles. The van der Waals surface area contributed by atoms with E-state index in [1.165, 1.54) is 242 Å². The van der Waals surface area contributed by atoms with Crippen molar-refractivity contribution in [2.75, 3.05) is 133 Å². The third kappa shape index (κ3) is 57.3. The number of allylic oxidation sites excluding steroid dienone is 1. The molecule has 13 heterocycles. The van der Waals surface area contributed by atoms with E-state index in [9.17, 15) is 23.6 Å². The van der Waals surface area contributed by atoms with Crippen molar-refractivity contribution in [3.8, 4) is 0 Å². The van der Waals surface area contributed by atoms with Crippen LogP contribution in [0.1, 0.15) is 172 Å². The average Bonchev–Trinajstić information content (AvgIpc) is 1.63. The standard InChI is InChI=1S/C32H28O2S23.C22H24O4S12.C18H39N.C4H8O.C3H6O2S.CH3Br.CH3F.CH2I2.CH4.2Cs.4H2O/c1-5-12-16(45-22(42-12)24-52-29-30(53-24)51-23(50-29)21-43-13(9-35)14(10-36)44-21)40-11-41-20-19(39-8-7-15(33)34-6-2)48-26(49-20)28-56-31-32(57-28)55-27(54-31)25-46-17(37-3)18(38-4)47-25;1-3-25-13(23)5-7-29-15-16(30-8-6-14(24)26-4-2)34-19(33-15)20-37-21-22(38-20)36-18(35-21)17-31-11(9-27)12(10-28)32-17;1-4-5-6-7-8-9-10-11-12-13-14-15-16-17-18-19(2)3;1-2-4-5-3-1;1-6(2-4)3-5;2*1-2;2-1-3;;;;;;;/h35-36H,5-11H2,1-4H3;27-28H,3-10H2,1-2H3;4-18H2,1-3H3;1-4H2;2,5H,1,3H2;2*1H3;1H2;1H4;;;4*1H2/q;;;;;;;;;2*+1;;;;/p-2/i;;;;;;1D;;;;;;;;. The summed E-state index contributed by atoms with van der Waals surface area (Å²) >= 11 is 84.3. The van der Waals surface area contributed by atoms with Gasteiger partial charge >= 0.3 is 156 Å². The molecule has 784 valence electrons. The number of esters is 3. The van der Waals surface area contributed by atoms with Gasteiger partial charge in [0, 0.05) is 83.1 Å². The molecule has 0 aliphatic carbocycles. The molecule has 0 saturated carbocycles. The fourth-order valence-electron chi connectivity index (χ4n) is 10.7. The Kier molecular flexibility index (Phi) is 102. The summed E-state index contributed by atoms with van der Waals surface area (Å²) in [6, 6.07) is 0. The van der Waals surface area contributed by atoms with Gasteiger partial charge in [-0.25, -0.2) is 0 Å². The normalized spacial score (nSPS) is 17.9. The molecular formula is C83H123BrCs2FI2NO13S36. The summed E-state index contributed by atoms with van der Waals surface area (Å²) in [5, 5.41) is 9.01. The van der Waals surface area contributed by atoms with Crippen molar-refractivity contribution in [2.45, 2.75) is 170 Å². The van der Waals surface area contributed by atoms with E-state index < -0.39 is 17.6 Å². The van der Waals surface area contributed by atoms with Gasteiger partial charge in [-0.2, -0.15) is 50.5 Å². The first-order valence-corrected chi connectivity index (χ1v) is 77.1. The van der Waals surface area contributed by atoms with Gasteiger partial charge < -0.3 is 50.9 Å². The van der Waals surface area contributed by atoms with E-state index in [0.29, 0.717) is 56.2 Å². The van der Waals surface area contributed by atoms with E-state index in [2.05, 4.69) is 163 Å². The van der Waals surface area contributed by atoms with E-state index >= 15 is 0 Å². The van der Waals surface area contributed by atoms with Crippen molar-refractivity contribution >= 4 is 516 Å². The Hall–Kier alpha value is 12.3. The second kappa shape index (κ2) is 93.5. The maximum Gasteiger partial charge on any atom is 1.00 e. The van der Waals surface area contributed by atoms with Crippen LogP contribution in [-0.2, 0) is 38.1 Å². The van der Waals surface area contributed by atoms with Crippen molar-refractivity contribution < 1.29 is 209 Å². The van der Waals surface area contributed by atoms with E-state index in [4.69, 9.17) is 25.4 Å². The van der Waals surface area contributed by atoms with Gasteiger partial charge in [0.2, 0.25) is 0 Å². The third-order valence-corrected chi connectivity index (χ3v) is 65.5. The smallest absolute Gasteiger partial charge is 0.870 e. The molecule has 13 aliphatic heterocycles. The monoisotopic (exact) mass is 3110 g/mol. The first-order chi connectivity index (χ1) is 64.7. The first-order valence-electron chi connectivity index (χ1n) is 42.0. The van der Waals surface area contributed by atoms with Gasteiger partial charge in [-0.1, -0.05) is 454 Å². The van der Waals surface area contributed by atoms with E-state index in [1.807, 2.05) is 344 Å². The molecule has 0 aromatic carbocycles. The molecule has 0 radical (unpaired) electrons. The topological polar surface area (TPSA) is 252 Å².